The minimum Gasteiger partial charge on any atom is -0.254 e. The fourth-order valence-corrected chi connectivity index (χ4v) is 3.96. The highest BCUT2D eigenvalue weighted by atomic mass is 32.2. The summed E-state index contributed by atoms with van der Waals surface area (Å²) in [5.74, 6) is 0. The summed E-state index contributed by atoms with van der Waals surface area (Å²) < 4.78 is 12.3. The van der Waals surface area contributed by atoms with Crippen LogP contribution < -0.4 is 0 Å². The van der Waals surface area contributed by atoms with Gasteiger partial charge in [0, 0.05) is 14.5 Å². The molecule has 1 atom stereocenters. The Balaban J connectivity index is 2.35. The third kappa shape index (κ3) is 3.71. The first-order valence-electron chi connectivity index (χ1n) is 6.22. The molecule has 1 unspecified atom stereocenters. The molecule has 0 fully saturated rings. The summed E-state index contributed by atoms with van der Waals surface area (Å²) in [6.07, 6.45) is 0. The van der Waals surface area contributed by atoms with Crippen molar-refractivity contribution in [3.05, 3.63) is 54.6 Å². The summed E-state index contributed by atoms with van der Waals surface area (Å²) in [6, 6.07) is 18.1. The van der Waals surface area contributed by atoms with Crippen molar-refractivity contribution >= 4 is 22.6 Å². The Kier molecular flexibility index (Phi) is 4.48. The van der Waals surface area contributed by atoms with E-state index in [1.165, 1.54) is 4.90 Å². The maximum atomic E-state index is 12.6. The van der Waals surface area contributed by atoms with E-state index in [9.17, 15) is 4.21 Å². The van der Waals surface area contributed by atoms with Crippen molar-refractivity contribution in [2.24, 2.45) is 0 Å². The van der Waals surface area contributed by atoms with Crippen LogP contribution in [0.4, 0.5) is 0 Å². The van der Waals surface area contributed by atoms with Gasteiger partial charge in [0.25, 0.3) is 0 Å². The molecule has 0 aliphatic heterocycles. The third-order valence-corrected chi connectivity index (χ3v) is 5.66. The zero-order valence-corrected chi connectivity index (χ0v) is 13.1. The Morgan fingerprint density at radius 1 is 0.895 bits per heavy atom. The second-order valence-electron chi connectivity index (χ2n) is 5.24. The van der Waals surface area contributed by atoms with Gasteiger partial charge in [-0.3, -0.25) is 4.21 Å². The first kappa shape index (κ1) is 14.4. The third-order valence-electron chi connectivity index (χ3n) is 2.58. The van der Waals surface area contributed by atoms with Crippen molar-refractivity contribution in [3.63, 3.8) is 0 Å². The molecule has 0 aromatic heterocycles. The van der Waals surface area contributed by atoms with E-state index in [0.717, 1.165) is 9.79 Å². The molecule has 0 spiro atoms. The van der Waals surface area contributed by atoms with Gasteiger partial charge in [0.15, 0.2) is 0 Å². The quantitative estimate of drug-likeness (QED) is 0.812. The molecule has 100 valence electrons. The van der Waals surface area contributed by atoms with Crippen LogP contribution in [-0.4, -0.2) is 8.96 Å². The zero-order valence-electron chi connectivity index (χ0n) is 11.4. The maximum Gasteiger partial charge on any atom is 0.0595 e. The summed E-state index contributed by atoms with van der Waals surface area (Å²) in [5, 5.41) is 0. The fraction of sp³-hybridized carbons (Fsp3) is 0.250. The van der Waals surface area contributed by atoms with E-state index >= 15 is 0 Å². The molecule has 0 bridgehead atoms. The van der Waals surface area contributed by atoms with Gasteiger partial charge >= 0.3 is 0 Å². The molecule has 0 amide bonds. The minimum absolute atomic E-state index is 0.243. The maximum absolute atomic E-state index is 12.6. The monoisotopic (exact) mass is 290 g/mol. The lowest BCUT2D eigenvalue weighted by molar-refractivity contribution is 0.647. The van der Waals surface area contributed by atoms with Crippen LogP contribution in [0, 0.1) is 0 Å². The van der Waals surface area contributed by atoms with Gasteiger partial charge in [-0.2, -0.15) is 0 Å². The summed E-state index contributed by atoms with van der Waals surface area (Å²) in [6.45, 7) is 6.02. The van der Waals surface area contributed by atoms with Gasteiger partial charge in [0.1, 0.15) is 0 Å². The van der Waals surface area contributed by atoms with Gasteiger partial charge in [-0.15, -0.1) is 0 Å². The second-order valence-corrected chi connectivity index (χ2v) is 8.56. The molecule has 0 N–H and O–H groups in total. The lowest BCUT2D eigenvalue weighted by Crippen LogP contribution is -2.22. The summed E-state index contributed by atoms with van der Waals surface area (Å²) >= 11 is 1.67. The molecule has 1 nitrogen and oxygen atoms in total. The van der Waals surface area contributed by atoms with Crippen molar-refractivity contribution < 1.29 is 4.21 Å². The van der Waals surface area contributed by atoms with Crippen molar-refractivity contribution in [1.29, 1.82) is 0 Å². The smallest absolute Gasteiger partial charge is 0.0595 e. The van der Waals surface area contributed by atoms with Crippen molar-refractivity contribution in [3.8, 4) is 0 Å². The fourth-order valence-electron chi connectivity index (χ4n) is 1.63. The van der Waals surface area contributed by atoms with E-state index < -0.39 is 10.8 Å². The molecule has 2 aromatic rings. The standard InChI is InChI=1S/C16H18OS2/c1-16(2,3)19(17)15-12-8-7-11-14(15)18-13-9-5-4-6-10-13/h4-12H,1-3H3. The Morgan fingerprint density at radius 2 is 1.47 bits per heavy atom. The van der Waals surface area contributed by atoms with E-state index in [0.29, 0.717) is 0 Å². The second kappa shape index (κ2) is 5.93. The molecule has 0 aliphatic rings. The van der Waals surface area contributed by atoms with Gasteiger partial charge < -0.3 is 0 Å². The molecule has 19 heavy (non-hydrogen) atoms. The van der Waals surface area contributed by atoms with Gasteiger partial charge in [-0.25, -0.2) is 0 Å². The van der Waals surface area contributed by atoms with E-state index in [4.69, 9.17) is 0 Å². The Bertz CT molecular complexity index is 571. The van der Waals surface area contributed by atoms with Crippen LogP contribution in [0.25, 0.3) is 0 Å². The Hall–Kier alpha value is -1.06. The molecule has 3 heteroatoms. The molecule has 2 rings (SSSR count). The van der Waals surface area contributed by atoms with Crippen molar-refractivity contribution in [2.45, 2.75) is 40.2 Å². The van der Waals surface area contributed by atoms with Crippen molar-refractivity contribution in [2.75, 3.05) is 0 Å². The zero-order chi connectivity index (χ0) is 13.9. The summed E-state index contributed by atoms with van der Waals surface area (Å²) in [4.78, 5) is 3.16. The Labute approximate surface area is 121 Å². The summed E-state index contributed by atoms with van der Waals surface area (Å²) in [5.41, 5.74) is 0. The predicted molar refractivity (Wildman–Crippen MR) is 83.2 cm³/mol. The van der Waals surface area contributed by atoms with E-state index in [1.54, 1.807) is 11.8 Å². The molecule has 0 saturated carbocycles. The highest BCUT2D eigenvalue weighted by Gasteiger charge is 2.23. The molecular formula is C16H18OS2. The van der Waals surface area contributed by atoms with E-state index in [2.05, 4.69) is 12.1 Å². The molecule has 0 aliphatic carbocycles. The van der Waals surface area contributed by atoms with Crippen LogP contribution in [0.5, 0.6) is 0 Å². The van der Waals surface area contributed by atoms with Crippen LogP contribution in [-0.2, 0) is 10.8 Å². The molecule has 0 radical (unpaired) electrons. The minimum atomic E-state index is -1.01. The van der Waals surface area contributed by atoms with Crippen LogP contribution in [0.2, 0.25) is 0 Å². The first-order chi connectivity index (χ1) is 8.98. The van der Waals surface area contributed by atoms with Gasteiger partial charge in [-0.1, -0.05) is 42.1 Å². The molecular weight excluding hydrogens is 272 g/mol. The SMILES string of the molecule is CC(C)(C)S(=O)c1ccccc1Sc1ccccc1. The van der Waals surface area contributed by atoms with E-state index in [-0.39, 0.29) is 4.75 Å². The molecule has 2 aromatic carbocycles. The van der Waals surface area contributed by atoms with Crippen LogP contribution in [0.3, 0.4) is 0 Å². The van der Waals surface area contributed by atoms with Crippen LogP contribution in [0.1, 0.15) is 20.8 Å². The molecule has 0 saturated heterocycles. The normalized spacial score (nSPS) is 13.2. The largest absolute Gasteiger partial charge is 0.254 e. The topological polar surface area (TPSA) is 17.1 Å². The van der Waals surface area contributed by atoms with Gasteiger partial charge in [0.05, 0.1) is 15.7 Å². The predicted octanol–water partition coefficient (Wildman–Crippen LogP) is 4.74. The first-order valence-corrected chi connectivity index (χ1v) is 8.19. The highest BCUT2D eigenvalue weighted by molar-refractivity contribution is 8.00. The summed E-state index contributed by atoms with van der Waals surface area (Å²) in [7, 11) is -1.01. The highest BCUT2D eigenvalue weighted by Crippen LogP contribution is 2.34. The van der Waals surface area contributed by atoms with Crippen molar-refractivity contribution in [1.82, 2.24) is 0 Å². The van der Waals surface area contributed by atoms with Gasteiger partial charge in [0.2, 0.25) is 0 Å². The number of rotatable bonds is 3. The van der Waals surface area contributed by atoms with Crippen LogP contribution >= 0.6 is 11.8 Å². The lowest BCUT2D eigenvalue weighted by Gasteiger charge is -2.19. The number of benzene rings is 2. The average molecular weight is 290 g/mol. The number of hydrogen-bond acceptors (Lipinski definition) is 2. The average Bonchev–Trinajstić information content (AvgIpc) is 2.39. The molecule has 0 heterocycles. The van der Waals surface area contributed by atoms with E-state index in [1.807, 2.05) is 63.2 Å². The van der Waals surface area contributed by atoms with Crippen LogP contribution in [0.15, 0.2) is 69.3 Å². The number of hydrogen-bond donors (Lipinski definition) is 0. The van der Waals surface area contributed by atoms with Gasteiger partial charge in [-0.05, 0) is 45.0 Å². The Morgan fingerprint density at radius 3 is 2.11 bits per heavy atom. The lowest BCUT2D eigenvalue weighted by atomic mass is 10.3.